The number of hydrogen-bond donors (Lipinski definition) is 2. The van der Waals surface area contributed by atoms with Gasteiger partial charge in [-0.25, -0.2) is 13.8 Å². The number of nitrogens with zero attached hydrogens (tertiary/aromatic N) is 2. The Morgan fingerprint density at radius 1 is 1.21 bits per heavy atom. The minimum absolute atomic E-state index is 0.0253. The number of carbonyl (C=O) groups is 1. The van der Waals surface area contributed by atoms with E-state index in [4.69, 9.17) is 11.6 Å². The summed E-state index contributed by atoms with van der Waals surface area (Å²) in [6.45, 7) is 1.78. The van der Waals surface area contributed by atoms with Crippen LogP contribution >= 0.6 is 11.6 Å². The Kier molecular flexibility index (Phi) is 7.00. The van der Waals surface area contributed by atoms with Gasteiger partial charge < -0.3 is 10.4 Å². The number of halogens is 3. The first-order chi connectivity index (χ1) is 15.9. The van der Waals surface area contributed by atoms with Gasteiger partial charge in [0.05, 0.1) is 34.6 Å². The summed E-state index contributed by atoms with van der Waals surface area (Å²) in [4.78, 5) is 21.3. The molecule has 33 heavy (non-hydrogen) atoms. The van der Waals surface area contributed by atoms with E-state index in [2.05, 4.69) is 15.3 Å². The monoisotopic (exact) mass is 471 g/mol. The van der Waals surface area contributed by atoms with E-state index in [1.54, 1.807) is 25.4 Å². The standard InChI is InChI=1S/C25H24ClF2N3O2/c1-2-14-6-8-18(27)23(24(14)28)19-4-3-5-20(30-19)25(33)31-21-13-29-11-10-16(21)15-7-9-22(32)17(26)12-15/h3-6,8,10-11,13,15,17,22,32H,2,7,9,12H2,1H3,(H,31,33)/t15-,17?,22?/m0/s1. The number of anilines is 1. The van der Waals surface area contributed by atoms with Gasteiger partial charge in [-0.15, -0.1) is 11.6 Å². The number of benzene rings is 1. The first-order valence-electron chi connectivity index (χ1n) is 10.9. The van der Waals surface area contributed by atoms with Crippen molar-refractivity contribution in [2.45, 2.75) is 50.0 Å². The predicted octanol–water partition coefficient (Wildman–Crippen LogP) is 5.47. The van der Waals surface area contributed by atoms with Crippen LogP contribution in [0, 0.1) is 11.6 Å². The number of carbonyl (C=O) groups excluding carboxylic acids is 1. The molecule has 8 heteroatoms. The first-order valence-corrected chi connectivity index (χ1v) is 11.3. The number of rotatable bonds is 5. The van der Waals surface area contributed by atoms with Gasteiger partial charge in [0.2, 0.25) is 0 Å². The van der Waals surface area contributed by atoms with E-state index < -0.39 is 23.6 Å². The zero-order valence-corrected chi connectivity index (χ0v) is 18.8. The van der Waals surface area contributed by atoms with Gasteiger partial charge in [0.15, 0.2) is 0 Å². The molecule has 1 aromatic carbocycles. The molecule has 1 aliphatic rings. The number of aliphatic hydroxyl groups excluding tert-OH is 1. The largest absolute Gasteiger partial charge is 0.392 e. The van der Waals surface area contributed by atoms with Crippen LogP contribution in [-0.4, -0.2) is 32.5 Å². The van der Waals surface area contributed by atoms with Gasteiger partial charge in [-0.3, -0.25) is 9.78 Å². The van der Waals surface area contributed by atoms with Gasteiger partial charge in [0.25, 0.3) is 5.91 Å². The molecule has 0 aliphatic heterocycles. The Hall–Kier alpha value is -2.90. The van der Waals surface area contributed by atoms with Gasteiger partial charge >= 0.3 is 0 Å². The highest BCUT2D eigenvalue weighted by atomic mass is 35.5. The Balaban J connectivity index is 1.61. The van der Waals surface area contributed by atoms with Gasteiger partial charge in [-0.2, -0.15) is 0 Å². The molecule has 1 saturated carbocycles. The summed E-state index contributed by atoms with van der Waals surface area (Å²) < 4.78 is 29.2. The van der Waals surface area contributed by atoms with Crippen molar-refractivity contribution in [1.82, 2.24) is 9.97 Å². The average Bonchev–Trinajstić information content (AvgIpc) is 2.82. The molecule has 172 valence electrons. The van der Waals surface area contributed by atoms with Crippen LogP contribution in [-0.2, 0) is 6.42 Å². The third-order valence-electron chi connectivity index (χ3n) is 6.07. The van der Waals surface area contributed by atoms with E-state index in [1.807, 2.05) is 6.07 Å². The molecule has 2 aromatic heterocycles. The van der Waals surface area contributed by atoms with Crippen LogP contribution in [0.2, 0.25) is 0 Å². The lowest BCUT2D eigenvalue weighted by Crippen LogP contribution is -2.29. The molecule has 1 amide bonds. The van der Waals surface area contributed by atoms with Gasteiger partial charge in [-0.05, 0) is 67.0 Å². The van der Waals surface area contributed by atoms with Gasteiger partial charge in [0.1, 0.15) is 17.3 Å². The molecule has 1 aliphatic carbocycles. The number of alkyl halides is 1. The summed E-state index contributed by atoms with van der Waals surface area (Å²) in [6.07, 6.45) is 4.95. The minimum atomic E-state index is -0.737. The molecule has 3 aromatic rings. The second-order valence-electron chi connectivity index (χ2n) is 8.17. The predicted molar refractivity (Wildman–Crippen MR) is 123 cm³/mol. The van der Waals surface area contributed by atoms with Crippen LogP contribution in [0.3, 0.4) is 0 Å². The number of pyridine rings is 2. The quantitative estimate of drug-likeness (QED) is 0.484. The average molecular weight is 472 g/mol. The van der Waals surface area contributed by atoms with Crippen molar-refractivity contribution < 1.29 is 18.7 Å². The van der Waals surface area contributed by atoms with Crippen molar-refractivity contribution in [2.75, 3.05) is 5.32 Å². The van der Waals surface area contributed by atoms with Crippen LogP contribution in [0.1, 0.15) is 53.7 Å². The van der Waals surface area contributed by atoms with Crippen molar-refractivity contribution in [2.24, 2.45) is 0 Å². The molecule has 5 nitrogen and oxygen atoms in total. The highest BCUT2D eigenvalue weighted by Crippen LogP contribution is 2.38. The van der Waals surface area contributed by atoms with Crippen LogP contribution < -0.4 is 5.32 Å². The maximum atomic E-state index is 14.8. The molecular weight excluding hydrogens is 448 g/mol. The highest BCUT2D eigenvalue weighted by Gasteiger charge is 2.30. The SMILES string of the molecule is CCc1ccc(F)c(-c2cccc(C(=O)Nc3cnccc3[C@H]3CCC(O)C(Cl)C3)n2)c1F. The fourth-order valence-electron chi connectivity index (χ4n) is 4.24. The third-order valence-corrected chi connectivity index (χ3v) is 6.54. The number of amides is 1. The summed E-state index contributed by atoms with van der Waals surface area (Å²) in [6, 6.07) is 8.94. The van der Waals surface area contributed by atoms with E-state index in [9.17, 15) is 18.7 Å². The second-order valence-corrected chi connectivity index (χ2v) is 8.73. The Bertz CT molecular complexity index is 1170. The Labute approximate surface area is 195 Å². The Morgan fingerprint density at radius 3 is 2.79 bits per heavy atom. The minimum Gasteiger partial charge on any atom is -0.392 e. The van der Waals surface area contributed by atoms with Crippen molar-refractivity contribution in [3.63, 3.8) is 0 Å². The number of nitrogens with one attached hydrogen (secondary N) is 1. The lowest BCUT2D eigenvalue weighted by atomic mass is 9.82. The van der Waals surface area contributed by atoms with E-state index in [-0.39, 0.29) is 28.2 Å². The maximum absolute atomic E-state index is 14.8. The molecule has 4 rings (SSSR count). The van der Waals surface area contributed by atoms with Crippen molar-refractivity contribution >= 4 is 23.2 Å². The zero-order valence-electron chi connectivity index (χ0n) is 18.1. The molecule has 2 heterocycles. The maximum Gasteiger partial charge on any atom is 0.274 e. The highest BCUT2D eigenvalue weighted by molar-refractivity contribution is 6.21. The van der Waals surface area contributed by atoms with Crippen LogP contribution in [0.25, 0.3) is 11.3 Å². The van der Waals surface area contributed by atoms with E-state index in [1.165, 1.54) is 24.3 Å². The lowest BCUT2D eigenvalue weighted by Gasteiger charge is -2.30. The molecule has 0 radical (unpaired) electrons. The molecule has 0 spiro atoms. The summed E-state index contributed by atoms with van der Waals surface area (Å²) in [7, 11) is 0. The summed E-state index contributed by atoms with van der Waals surface area (Å²) in [5.74, 6) is -1.86. The van der Waals surface area contributed by atoms with Gasteiger partial charge in [-0.1, -0.05) is 19.1 Å². The second kappa shape index (κ2) is 9.93. The summed E-state index contributed by atoms with van der Waals surface area (Å²) in [5, 5.41) is 12.4. The van der Waals surface area contributed by atoms with Crippen molar-refractivity contribution in [3.8, 4) is 11.3 Å². The van der Waals surface area contributed by atoms with Gasteiger partial charge in [0, 0.05) is 6.20 Å². The number of aromatic nitrogens is 2. The number of aliphatic hydroxyl groups is 1. The van der Waals surface area contributed by atoms with Crippen LogP contribution in [0.4, 0.5) is 14.5 Å². The summed E-state index contributed by atoms with van der Waals surface area (Å²) >= 11 is 6.26. The number of hydrogen-bond acceptors (Lipinski definition) is 4. The van der Waals surface area contributed by atoms with Crippen LogP contribution in [0.15, 0.2) is 48.8 Å². The van der Waals surface area contributed by atoms with Crippen molar-refractivity contribution in [1.29, 1.82) is 0 Å². The topological polar surface area (TPSA) is 75.1 Å². The van der Waals surface area contributed by atoms with E-state index in [0.717, 1.165) is 12.0 Å². The molecule has 0 bridgehead atoms. The van der Waals surface area contributed by atoms with Crippen LogP contribution in [0.5, 0.6) is 0 Å². The Morgan fingerprint density at radius 2 is 2.03 bits per heavy atom. The molecule has 2 N–H and O–H groups in total. The molecule has 2 unspecified atom stereocenters. The fourth-order valence-corrected chi connectivity index (χ4v) is 4.58. The normalized spacial score (nSPS) is 20.5. The molecule has 1 fully saturated rings. The van der Waals surface area contributed by atoms with Crippen molar-refractivity contribution in [3.05, 3.63) is 77.2 Å². The zero-order chi connectivity index (χ0) is 23.5. The smallest absolute Gasteiger partial charge is 0.274 e. The van der Waals surface area contributed by atoms with E-state index in [0.29, 0.717) is 30.5 Å². The third kappa shape index (κ3) is 4.89. The fraction of sp³-hybridized carbons (Fsp3) is 0.320. The molecular formula is C25H24ClF2N3O2. The number of aryl methyl sites for hydroxylation is 1. The lowest BCUT2D eigenvalue weighted by molar-refractivity contribution is 0.102. The molecule has 3 atom stereocenters. The summed E-state index contributed by atoms with van der Waals surface area (Å²) in [5.41, 5.74) is 1.59. The first kappa shape index (κ1) is 23.3. The van der Waals surface area contributed by atoms with E-state index >= 15 is 0 Å². The molecule has 0 saturated heterocycles.